The van der Waals surface area contributed by atoms with Crippen LogP contribution in [0.4, 0.5) is 0 Å². The highest BCUT2D eigenvalue weighted by Crippen LogP contribution is 2.39. The Morgan fingerprint density at radius 2 is 1.68 bits per heavy atom. The highest BCUT2D eigenvalue weighted by Gasteiger charge is 2.41. The van der Waals surface area contributed by atoms with Crippen LogP contribution in [0.2, 0.25) is 0 Å². The quantitative estimate of drug-likeness (QED) is 0.390. The number of halogens is 2. The lowest BCUT2D eigenvalue weighted by Gasteiger charge is -2.45. The SMILES string of the molecule is NC1NC2CC(N1)C1CC(CNCCCCNCCS2)C(Cl)CC1Cl. The molecule has 0 aromatic heterocycles. The molecule has 3 rings (SSSR count). The molecule has 1 aliphatic carbocycles. The van der Waals surface area contributed by atoms with Gasteiger partial charge in [0.1, 0.15) is 6.29 Å². The van der Waals surface area contributed by atoms with Gasteiger partial charge in [0.05, 0.1) is 5.37 Å². The van der Waals surface area contributed by atoms with Gasteiger partial charge in [-0.3, -0.25) is 10.6 Å². The van der Waals surface area contributed by atoms with Gasteiger partial charge in [-0.05, 0) is 63.6 Å². The largest absolute Gasteiger partial charge is 0.316 e. The maximum Gasteiger partial charge on any atom is 0.110 e. The molecule has 0 spiro atoms. The molecule has 0 aromatic rings. The molecular formula is C17H33Cl2N5S. The second-order valence-corrected chi connectivity index (χ2v) is 10.0. The molecule has 3 fully saturated rings. The van der Waals surface area contributed by atoms with Crippen LogP contribution in [0.1, 0.15) is 32.1 Å². The molecule has 7 unspecified atom stereocenters. The number of fused-ring (bicyclic) bond motifs is 5. The fourth-order valence-electron chi connectivity index (χ4n) is 4.30. The van der Waals surface area contributed by atoms with Crippen molar-refractivity contribution < 1.29 is 0 Å². The summed E-state index contributed by atoms with van der Waals surface area (Å²) in [4.78, 5) is 0. The van der Waals surface area contributed by atoms with E-state index >= 15 is 0 Å². The van der Waals surface area contributed by atoms with Crippen LogP contribution in [0.15, 0.2) is 0 Å². The highest BCUT2D eigenvalue weighted by molar-refractivity contribution is 7.99. The van der Waals surface area contributed by atoms with Gasteiger partial charge in [0, 0.05) is 29.1 Å². The Morgan fingerprint density at radius 1 is 0.880 bits per heavy atom. The smallest absolute Gasteiger partial charge is 0.110 e. The number of thioether (sulfide) groups is 1. The van der Waals surface area contributed by atoms with Gasteiger partial charge in [0.2, 0.25) is 0 Å². The molecule has 6 N–H and O–H groups in total. The van der Waals surface area contributed by atoms with Crippen molar-refractivity contribution in [1.29, 1.82) is 0 Å². The first kappa shape index (κ1) is 20.5. The fraction of sp³-hybridized carbons (Fsp3) is 1.00. The number of hydrogen-bond donors (Lipinski definition) is 5. The van der Waals surface area contributed by atoms with Gasteiger partial charge in [0.15, 0.2) is 0 Å². The van der Waals surface area contributed by atoms with Gasteiger partial charge < -0.3 is 16.4 Å². The Balaban J connectivity index is 1.66. The molecule has 2 saturated heterocycles. The van der Waals surface area contributed by atoms with Crippen LogP contribution in [0.25, 0.3) is 0 Å². The third kappa shape index (κ3) is 6.11. The molecule has 2 heterocycles. The summed E-state index contributed by atoms with van der Waals surface area (Å²) >= 11 is 15.4. The zero-order valence-corrected chi connectivity index (χ0v) is 17.2. The Labute approximate surface area is 166 Å². The zero-order valence-electron chi connectivity index (χ0n) is 14.9. The zero-order chi connectivity index (χ0) is 17.6. The maximum absolute atomic E-state index is 6.75. The van der Waals surface area contributed by atoms with Crippen molar-refractivity contribution in [2.24, 2.45) is 17.6 Å². The first-order chi connectivity index (χ1) is 12.1. The number of nitrogens with two attached hydrogens (primary N) is 1. The van der Waals surface area contributed by atoms with Crippen molar-refractivity contribution in [3.05, 3.63) is 0 Å². The van der Waals surface area contributed by atoms with E-state index in [4.69, 9.17) is 28.9 Å². The van der Waals surface area contributed by atoms with Crippen LogP contribution in [0, 0.1) is 11.8 Å². The van der Waals surface area contributed by atoms with Crippen LogP contribution < -0.4 is 27.0 Å². The summed E-state index contributed by atoms with van der Waals surface area (Å²) in [6.45, 7) is 4.23. The summed E-state index contributed by atoms with van der Waals surface area (Å²) in [6, 6.07) is 0.365. The second kappa shape index (κ2) is 10.3. The predicted molar refractivity (Wildman–Crippen MR) is 109 cm³/mol. The molecular weight excluding hydrogens is 377 g/mol. The first-order valence-corrected chi connectivity index (χ1v) is 11.6. The van der Waals surface area contributed by atoms with Crippen LogP contribution in [0.5, 0.6) is 0 Å². The predicted octanol–water partition coefficient (Wildman–Crippen LogP) is 1.45. The summed E-state index contributed by atoms with van der Waals surface area (Å²) < 4.78 is 0. The lowest BCUT2D eigenvalue weighted by molar-refractivity contribution is 0.166. The molecule has 8 heteroatoms. The lowest BCUT2D eigenvalue weighted by atomic mass is 9.75. The molecule has 146 valence electrons. The third-order valence-electron chi connectivity index (χ3n) is 5.71. The van der Waals surface area contributed by atoms with E-state index in [1.807, 2.05) is 11.8 Å². The number of rotatable bonds is 0. The Kier molecular flexibility index (Phi) is 8.45. The summed E-state index contributed by atoms with van der Waals surface area (Å²) in [6.07, 6.45) is 5.32. The van der Waals surface area contributed by atoms with Gasteiger partial charge in [-0.15, -0.1) is 35.0 Å². The van der Waals surface area contributed by atoms with Gasteiger partial charge >= 0.3 is 0 Å². The van der Waals surface area contributed by atoms with Gasteiger partial charge in [-0.2, -0.15) is 0 Å². The summed E-state index contributed by atoms with van der Waals surface area (Å²) in [5.74, 6) is 2.04. The molecule has 0 radical (unpaired) electrons. The molecule has 0 amide bonds. The van der Waals surface area contributed by atoms with Crippen molar-refractivity contribution in [2.75, 3.05) is 31.9 Å². The third-order valence-corrected chi connectivity index (χ3v) is 7.91. The maximum atomic E-state index is 6.75. The Hall–Kier alpha value is 0.730. The van der Waals surface area contributed by atoms with E-state index in [0.29, 0.717) is 23.3 Å². The molecule has 0 aromatic carbocycles. The molecule has 3 aliphatic rings. The van der Waals surface area contributed by atoms with E-state index in [2.05, 4.69) is 21.3 Å². The minimum atomic E-state index is -0.155. The van der Waals surface area contributed by atoms with E-state index < -0.39 is 0 Å². The first-order valence-electron chi connectivity index (χ1n) is 9.72. The summed E-state index contributed by atoms with van der Waals surface area (Å²) in [5.41, 5.74) is 6.22. The van der Waals surface area contributed by atoms with Crippen LogP contribution >= 0.6 is 35.0 Å². The van der Waals surface area contributed by atoms with Gasteiger partial charge in [-0.1, -0.05) is 0 Å². The topological polar surface area (TPSA) is 74.1 Å². The van der Waals surface area contributed by atoms with Crippen molar-refractivity contribution in [3.63, 3.8) is 0 Å². The van der Waals surface area contributed by atoms with E-state index in [1.165, 1.54) is 12.8 Å². The highest BCUT2D eigenvalue weighted by atomic mass is 35.5. The van der Waals surface area contributed by atoms with Crippen LogP contribution in [-0.4, -0.2) is 60.4 Å². The van der Waals surface area contributed by atoms with E-state index in [1.54, 1.807) is 0 Å². The van der Waals surface area contributed by atoms with Crippen molar-refractivity contribution in [2.45, 2.75) is 60.6 Å². The summed E-state index contributed by atoms with van der Waals surface area (Å²) in [5, 5.41) is 14.9. The number of hydrogen-bond acceptors (Lipinski definition) is 6. The lowest BCUT2D eigenvalue weighted by Crippen LogP contribution is -2.64. The minimum Gasteiger partial charge on any atom is -0.316 e. The van der Waals surface area contributed by atoms with E-state index in [-0.39, 0.29) is 17.0 Å². The van der Waals surface area contributed by atoms with Crippen molar-refractivity contribution in [1.82, 2.24) is 21.3 Å². The fourth-order valence-corrected chi connectivity index (χ4v) is 6.38. The number of nitrogens with one attached hydrogen (secondary N) is 4. The molecule has 5 nitrogen and oxygen atoms in total. The monoisotopic (exact) mass is 409 g/mol. The minimum absolute atomic E-state index is 0.132. The van der Waals surface area contributed by atoms with E-state index in [0.717, 1.165) is 51.2 Å². The van der Waals surface area contributed by atoms with Gasteiger partial charge in [0.25, 0.3) is 0 Å². The van der Waals surface area contributed by atoms with Crippen LogP contribution in [0.3, 0.4) is 0 Å². The standard InChI is InChI=1S/C17H33Cl2N5S/c18-13-8-14(19)12-7-11(13)10-22-4-2-1-3-21-5-6-25-16-9-15(12)23-17(20)24-16/h11-17,21-24H,1-10,20H2. The van der Waals surface area contributed by atoms with E-state index in [9.17, 15) is 0 Å². The number of alkyl halides is 2. The molecule has 4 bridgehead atoms. The Morgan fingerprint density at radius 3 is 2.52 bits per heavy atom. The van der Waals surface area contributed by atoms with Gasteiger partial charge in [-0.25, -0.2) is 0 Å². The average Bonchev–Trinajstić information content (AvgIpc) is 2.56. The average molecular weight is 410 g/mol. The molecule has 2 aliphatic heterocycles. The normalized spacial score (nSPS) is 45.0. The second-order valence-electron chi connectivity index (χ2n) is 7.60. The Bertz CT molecular complexity index is 405. The molecule has 1 saturated carbocycles. The summed E-state index contributed by atoms with van der Waals surface area (Å²) in [7, 11) is 0. The van der Waals surface area contributed by atoms with Crippen LogP contribution in [-0.2, 0) is 0 Å². The van der Waals surface area contributed by atoms with Crippen molar-refractivity contribution in [3.8, 4) is 0 Å². The van der Waals surface area contributed by atoms with Crippen molar-refractivity contribution >= 4 is 35.0 Å². The molecule has 7 atom stereocenters. The molecule has 25 heavy (non-hydrogen) atoms.